The smallest absolute Gasteiger partial charge is 0.0832 e. The minimum atomic E-state index is -0.478. The standard InChI is InChI=1S/C15H27NO/c1-14(2,3)11-13(17)15(12-16)9-7-5-4-6-8-10-15/h13,17H,4-11H2,1-3H3. The number of aliphatic hydroxyl groups excluding tert-OH is 1. The van der Waals surface area contributed by atoms with E-state index in [0.29, 0.717) is 0 Å². The van der Waals surface area contributed by atoms with Crippen molar-refractivity contribution in [3.63, 3.8) is 0 Å². The molecule has 98 valence electrons. The minimum Gasteiger partial charge on any atom is -0.391 e. The second-order valence-corrected chi connectivity index (χ2v) is 6.82. The maximum atomic E-state index is 10.5. The predicted molar refractivity (Wildman–Crippen MR) is 70.4 cm³/mol. The van der Waals surface area contributed by atoms with Crippen LogP contribution in [0.15, 0.2) is 0 Å². The molecule has 2 heteroatoms. The monoisotopic (exact) mass is 237 g/mol. The quantitative estimate of drug-likeness (QED) is 0.787. The number of nitriles is 1. The molecule has 1 fully saturated rings. The van der Waals surface area contributed by atoms with Crippen molar-refractivity contribution in [1.29, 1.82) is 5.26 Å². The van der Waals surface area contributed by atoms with Crippen molar-refractivity contribution in [1.82, 2.24) is 0 Å². The van der Waals surface area contributed by atoms with Gasteiger partial charge in [0.2, 0.25) is 0 Å². The van der Waals surface area contributed by atoms with Crippen molar-refractivity contribution in [2.75, 3.05) is 0 Å². The SMILES string of the molecule is CC(C)(C)CC(O)C1(C#N)CCCCCCC1. The predicted octanol–water partition coefficient (Wildman–Crippen LogP) is 4.04. The Morgan fingerprint density at radius 3 is 2.00 bits per heavy atom. The van der Waals surface area contributed by atoms with E-state index in [1.807, 2.05) is 0 Å². The maximum Gasteiger partial charge on any atom is 0.0832 e. The lowest BCUT2D eigenvalue weighted by molar-refractivity contribution is 0.0141. The molecule has 0 amide bonds. The lowest BCUT2D eigenvalue weighted by atomic mass is 9.69. The first-order chi connectivity index (χ1) is 7.90. The van der Waals surface area contributed by atoms with Gasteiger partial charge in [0.1, 0.15) is 0 Å². The first-order valence-electron chi connectivity index (χ1n) is 6.99. The van der Waals surface area contributed by atoms with Gasteiger partial charge >= 0.3 is 0 Å². The molecule has 1 saturated carbocycles. The minimum absolute atomic E-state index is 0.0889. The van der Waals surface area contributed by atoms with Crippen LogP contribution in [0.25, 0.3) is 0 Å². The summed E-state index contributed by atoms with van der Waals surface area (Å²) in [6.07, 6.45) is 7.91. The summed E-state index contributed by atoms with van der Waals surface area (Å²) in [6.45, 7) is 6.39. The van der Waals surface area contributed by atoms with E-state index in [-0.39, 0.29) is 5.41 Å². The van der Waals surface area contributed by atoms with Gasteiger partial charge in [-0.25, -0.2) is 0 Å². The first kappa shape index (κ1) is 14.5. The van der Waals surface area contributed by atoms with Gasteiger partial charge in [-0.1, -0.05) is 52.9 Å². The van der Waals surface area contributed by atoms with E-state index in [0.717, 1.165) is 32.1 Å². The largest absolute Gasteiger partial charge is 0.391 e. The highest BCUT2D eigenvalue weighted by Crippen LogP contribution is 2.40. The van der Waals surface area contributed by atoms with Gasteiger partial charge in [-0.05, 0) is 24.7 Å². The Hall–Kier alpha value is -0.550. The molecular weight excluding hydrogens is 210 g/mol. The van der Waals surface area contributed by atoms with E-state index in [4.69, 9.17) is 0 Å². The Morgan fingerprint density at radius 1 is 1.12 bits per heavy atom. The highest BCUT2D eigenvalue weighted by Gasteiger charge is 2.39. The molecular formula is C15H27NO. The average Bonchev–Trinajstić information content (AvgIpc) is 2.15. The molecule has 0 aliphatic heterocycles. The number of rotatable bonds is 2. The number of hydrogen-bond acceptors (Lipinski definition) is 2. The van der Waals surface area contributed by atoms with E-state index < -0.39 is 11.5 Å². The third kappa shape index (κ3) is 4.32. The zero-order valence-corrected chi connectivity index (χ0v) is 11.6. The molecule has 0 radical (unpaired) electrons. The van der Waals surface area contributed by atoms with Crippen LogP contribution in [-0.4, -0.2) is 11.2 Å². The second-order valence-electron chi connectivity index (χ2n) is 6.82. The summed E-state index contributed by atoms with van der Waals surface area (Å²) in [4.78, 5) is 0. The highest BCUT2D eigenvalue weighted by atomic mass is 16.3. The fraction of sp³-hybridized carbons (Fsp3) is 0.933. The van der Waals surface area contributed by atoms with Gasteiger partial charge in [0.15, 0.2) is 0 Å². The van der Waals surface area contributed by atoms with Crippen LogP contribution in [0.2, 0.25) is 0 Å². The number of hydrogen-bond donors (Lipinski definition) is 1. The van der Waals surface area contributed by atoms with Crippen molar-refractivity contribution in [3.05, 3.63) is 0 Å². The van der Waals surface area contributed by atoms with E-state index >= 15 is 0 Å². The molecule has 1 atom stereocenters. The Morgan fingerprint density at radius 2 is 1.59 bits per heavy atom. The van der Waals surface area contributed by atoms with Crippen molar-refractivity contribution >= 4 is 0 Å². The molecule has 0 aromatic heterocycles. The van der Waals surface area contributed by atoms with Crippen molar-refractivity contribution < 1.29 is 5.11 Å². The molecule has 1 aliphatic rings. The first-order valence-corrected chi connectivity index (χ1v) is 6.99. The molecule has 0 aromatic rings. The summed E-state index contributed by atoms with van der Waals surface area (Å²) in [6, 6.07) is 2.46. The summed E-state index contributed by atoms with van der Waals surface area (Å²) >= 11 is 0. The Bertz CT molecular complexity index is 264. The van der Waals surface area contributed by atoms with Crippen molar-refractivity contribution in [3.8, 4) is 6.07 Å². The van der Waals surface area contributed by atoms with Crippen molar-refractivity contribution in [2.45, 2.75) is 78.2 Å². The third-order valence-corrected chi connectivity index (χ3v) is 3.91. The van der Waals surface area contributed by atoms with E-state index in [1.165, 1.54) is 19.3 Å². The van der Waals surface area contributed by atoms with Gasteiger partial charge < -0.3 is 5.11 Å². The highest BCUT2D eigenvalue weighted by molar-refractivity contribution is 5.04. The van der Waals surface area contributed by atoms with Crippen LogP contribution in [0.1, 0.15) is 72.1 Å². The van der Waals surface area contributed by atoms with Gasteiger partial charge in [-0.15, -0.1) is 0 Å². The Balaban J connectivity index is 2.74. The summed E-state index contributed by atoms with van der Waals surface area (Å²) in [5.41, 5.74) is -0.390. The van der Waals surface area contributed by atoms with Gasteiger partial charge in [0.25, 0.3) is 0 Å². The topological polar surface area (TPSA) is 44.0 Å². The van der Waals surface area contributed by atoms with Crippen LogP contribution in [0.4, 0.5) is 0 Å². The average molecular weight is 237 g/mol. The van der Waals surface area contributed by atoms with Crippen LogP contribution in [0.5, 0.6) is 0 Å². The van der Waals surface area contributed by atoms with Crippen LogP contribution >= 0.6 is 0 Å². The lowest BCUT2D eigenvalue weighted by Gasteiger charge is -2.36. The van der Waals surface area contributed by atoms with Crippen molar-refractivity contribution in [2.24, 2.45) is 10.8 Å². The fourth-order valence-electron chi connectivity index (χ4n) is 2.83. The molecule has 1 aliphatic carbocycles. The van der Waals surface area contributed by atoms with Gasteiger partial charge in [0.05, 0.1) is 17.6 Å². The van der Waals surface area contributed by atoms with Gasteiger partial charge in [0, 0.05) is 0 Å². The third-order valence-electron chi connectivity index (χ3n) is 3.91. The number of aliphatic hydroxyl groups is 1. The molecule has 1 rings (SSSR count). The number of nitrogens with zero attached hydrogens (tertiary/aromatic N) is 1. The fourth-order valence-corrected chi connectivity index (χ4v) is 2.83. The zero-order chi connectivity index (χ0) is 12.9. The molecule has 1 N–H and O–H groups in total. The van der Waals surface area contributed by atoms with Crippen LogP contribution in [-0.2, 0) is 0 Å². The summed E-state index contributed by atoms with van der Waals surface area (Å²) in [5.74, 6) is 0. The normalized spacial score (nSPS) is 23.2. The zero-order valence-electron chi connectivity index (χ0n) is 11.6. The molecule has 0 bridgehead atoms. The van der Waals surface area contributed by atoms with Crippen LogP contribution < -0.4 is 0 Å². The Labute approximate surface area is 106 Å². The maximum absolute atomic E-state index is 10.5. The van der Waals surface area contributed by atoms with E-state index in [9.17, 15) is 10.4 Å². The van der Waals surface area contributed by atoms with Gasteiger partial charge in [-0.2, -0.15) is 5.26 Å². The van der Waals surface area contributed by atoms with Crippen LogP contribution in [0.3, 0.4) is 0 Å². The van der Waals surface area contributed by atoms with E-state index in [2.05, 4.69) is 26.8 Å². The molecule has 2 nitrogen and oxygen atoms in total. The second kappa shape index (κ2) is 5.87. The van der Waals surface area contributed by atoms with E-state index in [1.54, 1.807) is 0 Å². The molecule has 0 aromatic carbocycles. The summed E-state index contributed by atoms with van der Waals surface area (Å²) in [5, 5.41) is 20.0. The molecule has 0 saturated heterocycles. The molecule has 17 heavy (non-hydrogen) atoms. The lowest BCUT2D eigenvalue weighted by Crippen LogP contribution is -2.37. The molecule has 0 heterocycles. The summed E-state index contributed by atoms with van der Waals surface area (Å²) in [7, 11) is 0. The molecule has 0 spiro atoms. The summed E-state index contributed by atoms with van der Waals surface area (Å²) < 4.78 is 0. The van der Waals surface area contributed by atoms with Gasteiger partial charge in [-0.3, -0.25) is 0 Å². The Kier molecular flexibility index (Phi) is 5.01. The van der Waals surface area contributed by atoms with Crippen LogP contribution in [0, 0.1) is 22.2 Å². The molecule has 1 unspecified atom stereocenters.